The summed E-state index contributed by atoms with van der Waals surface area (Å²) in [5.41, 5.74) is 2.03. The number of carbonyl (C=O) groups excluding carboxylic acids is 2. The van der Waals surface area contributed by atoms with Crippen molar-refractivity contribution < 1.29 is 14.3 Å². The van der Waals surface area contributed by atoms with Crippen LogP contribution in [-0.4, -0.2) is 51.3 Å². The predicted molar refractivity (Wildman–Crippen MR) is 88.4 cm³/mol. The van der Waals surface area contributed by atoms with Gasteiger partial charge < -0.3 is 25.6 Å². The second-order valence-electron chi connectivity index (χ2n) is 5.24. The number of carbonyl (C=O) groups is 2. The van der Waals surface area contributed by atoms with E-state index in [0.717, 1.165) is 17.8 Å². The molecule has 7 heteroatoms. The number of hydrogen-bond acceptors (Lipinski definition) is 4. The molecule has 7 nitrogen and oxygen atoms in total. The smallest absolute Gasteiger partial charge is 0.315 e. The van der Waals surface area contributed by atoms with E-state index in [1.54, 1.807) is 0 Å². The van der Waals surface area contributed by atoms with Gasteiger partial charge in [-0.05, 0) is 24.6 Å². The number of nitrogens with one attached hydrogen (secondary N) is 3. The van der Waals surface area contributed by atoms with Crippen molar-refractivity contribution in [1.82, 2.24) is 16.0 Å². The SMILES string of the molecule is CCOCCNC(=O)NCc1ccc(N2CCNC(=O)C2)cc1. The number of piperazine rings is 1. The quantitative estimate of drug-likeness (QED) is 0.638. The molecule has 3 N–H and O–H groups in total. The maximum atomic E-state index is 11.6. The summed E-state index contributed by atoms with van der Waals surface area (Å²) in [6, 6.07) is 7.66. The van der Waals surface area contributed by atoms with Gasteiger partial charge in [-0.15, -0.1) is 0 Å². The number of nitrogens with zero attached hydrogens (tertiary/aromatic N) is 1. The van der Waals surface area contributed by atoms with E-state index in [4.69, 9.17) is 4.74 Å². The fraction of sp³-hybridized carbons (Fsp3) is 0.500. The van der Waals surface area contributed by atoms with E-state index in [0.29, 0.717) is 39.4 Å². The van der Waals surface area contributed by atoms with E-state index < -0.39 is 0 Å². The lowest BCUT2D eigenvalue weighted by atomic mass is 10.2. The average Bonchev–Trinajstić information content (AvgIpc) is 2.57. The van der Waals surface area contributed by atoms with Crippen LogP contribution in [0.3, 0.4) is 0 Å². The highest BCUT2D eigenvalue weighted by molar-refractivity contribution is 5.82. The lowest BCUT2D eigenvalue weighted by molar-refractivity contribution is -0.120. The van der Waals surface area contributed by atoms with Gasteiger partial charge in [0.25, 0.3) is 0 Å². The van der Waals surface area contributed by atoms with Crippen molar-refractivity contribution in [3.05, 3.63) is 29.8 Å². The summed E-state index contributed by atoms with van der Waals surface area (Å²) in [5.74, 6) is 0.0470. The molecule has 126 valence electrons. The maximum Gasteiger partial charge on any atom is 0.315 e. The second kappa shape index (κ2) is 8.99. The monoisotopic (exact) mass is 320 g/mol. The molecule has 0 atom stereocenters. The van der Waals surface area contributed by atoms with E-state index >= 15 is 0 Å². The minimum Gasteiger partial charge on any atom is -0.380 e. The molecule has 2 rings (SSSR count). The van der Waals surface area contributed by atoms with E-state index in [1.807, 2.05) is 36.1 Å². The summed E-state index contributed by atoms with van der Waals surface area (Å²) < 4.78 is 5.15. The standard InChI is InChI=1S/C16H24N4O3/c1-2-23-10-8-18-16(22)19-11-13-3-5-14(6-4-13)20-9-7-17-15(21)12-20/h3-6H,2,7-12H2,1H3,(H,17,21)(H2,18,19,22). The summed E-state index contributed by atoms with van der Waals surface area (Å²) in [6.45, 7) is 5.91. The van der Waals surface area contributed by atoms with Crippen molar-refractivity contribution in [2.24, 2.45) is 0 Å². The molecule has 0 unspecified atom stereocenters. The molecule has 1 aromatic carbocycles. The number of amides is 3. The van der Waals surface area contributed by atoms with E-state index in [2.05, 4.69) is 16.0 Å². The van der Waals surface area contributed by atoms with E-state index in [9.17, 15) is 9.59 Å². The van der Waals surface area contributed by atoms with Gasteiger partial charge in [-0.2, -0.15) is 0 Å². The molecule has 1 fully saturated rings. The molecule has 1 aliphatic heterocycles. The van der Waals surface area contributed by atoms with Crippen molar-refractivity contribution in [1.29, 1.82) is 0 Å². The predicted octanol–water partition coefficient (Wildman–Crippen LogP) is 0.459. The molecule has 23 heavy (non-hydrogen) atoms. The van der Waals surface area contributed by atoms with Crippen LogP contribution in [-0.2, 0) is 16.1 Å². The third kappa shape index (κ3) is 5.78. The zero-order chi connectivity index (χ0) is 16.5. The third-order valence-corrected chi connectivity index (χ3v) is 3.53. The fourth-order valence-electron chi connectivity index (χ4n) is 2.31. The van der Waals surface area contributed by atoms with Gasteiger partial charge in [0, 0.05) is 38.5 Å². The topological polar surface area (TPSA) is 82.7 Å². The summed E-state index contributed by atoms with van der Waals surface area (Å²) in [5, 5.41) is 8.33. The van der Waals surface area contributed by atoms with Crippen molar-refractivity contribution in [2.45, 2.75) is 13.5 Å². The zero-order valence-electron chi connectivity index (χ0n) is 13.4. The zero-order valence-corrected chi connectivity index (χ0v) is 13.4. The van der Waals surface area contributed by atoms with Crippen LogP contribution < -0.4 is 20.9 Å². The highest BCUT2D eigenvalue weighted by Crippen LogP contribution is 2.15. The number of benzene rings is 1. The number of rotatable bonds is 7. The molecule has 0 bridgehead atoms. The highest BCUT2D eigenvalue weighted by atomic mass is 16.5. The van der Waals surface area contributed by atoms with Gasteiger partial charge in [0.1, 0.15) is 0 Å². The van der Waals surface area contributed by atoms with E-state index in [-0.39, 0.29) is 11.9 Å². The molecule has 1 aliphatic rings. The van der Waals surface area contributed by atoms with E-state index in [1.165, 1.54) is 0 Å². The van der Waals surface area contributed by atoms with Gasteiger partial charge in [0.15, 0.2) is 0 Å². The van der Waals surface area contributed by atoms with Crippen LogP contribution in [0, 0.1) is 0 Å². The first kappa shape index (κ1) is 17.1. The largest absolute Gasteiger partial charge is 0.380 e. The molecule has 0 radical (unpaired) electrons. The van der Waals surface area contributed by atoms with Gasteiger partial charge in [0.2, 0.25) is 5.91 Å². The first-order valence-corrected chi connectivity index (χ1v) is 7.89. The number of ether oxygens (including phenoxy) is 1. The molecule has 1 saturated heterocycles. The van der Waals surface area contributed by atoms with Crippen LogP contribution in [0.2, 0.25) is 0 Å². The van der Waals surface area contributed by atoms with Crippen LogP contribution in [0.15, 0.2) is 24.3 Å². The van der Waals surface area contributed by atoms with Gasteiger partial charge in [-0.25, -0.2) is 4.79 Å². The van der Waals surface area contributed by atoms with Crippen LogP contribution in [0.5, 0.6) is 0 Å². The van der Waals surface area contributed by atoms with Crippen molar-refractivity contribution >= 4 is 17.6 Å². The molecule has 0 spiro atoms. The van der Waals surface area contributed by atoms with Crippen LogP contribution >= 0.6 is 0 Å². The van der Waals surface area contributed by atoms with Gasteiger partial charge in [0.05, 0.1) is 13.2 Å². The summed E-state index contributed by atoms with van der Waals surface area (Å²) in [7, 11) is 0. The summed E-state index contributed by atoms with van der Waals surface area (Å²) in [4.78, 5) is 25.0. The molecule has 0 saturated carbocycles. The Balaban J connectivity index is 1.74. The van der Waals surface area contributed by atoms with Crippen LogP contribution in [0.4, 0.5) is 10.5 Å². The van der Waals surface area contributed by atoms with Crippen molar-refractivity contribution in [3.8, 4) is 0 Å². The van der Waals surface area contributed by atoms with Gasteiger partial charge in [-0.3, -0.25) is 4.79 Å². The van der Waals surface area contributed by atoms with Gasteiger partial charge in [-0.1, -0.05) is 12.1 Å². The molecule has 1 aromatic rings. The molecule has 3 amide bonds. The van der Waals surface area contributed by atoms with Crippen LogP contribution in [0.1, 0.15) is 12.5 Å². The number of urea groups is 1. The van der Waals surface area contributed by atoms with Crippen LogP contribution in [0.25, 0.3) is 0 Å². The number of hydrogen-bond donors (Lipinski definition) is 3. The van der Waals surface area contributed by atoms with Crippen molar-refractivity contribution in [3.63, 3.8) is 0 Å². The molecular formula is C16H24N4O3. The Bertz CT molecular complexity index is 519. The third-order valence-electron chi connectivity index (χ3n) is 3.53. The lowest BCUT2D eigenvalue weighted by Gasteiger charge is -2.28. The molecular weight excluding hydrogens is 296 g/mol. The Morgan fingerprint density at radius 2 is 2.09 bits per heavy atom. The van der Waals surface area contributed by atoms with Gasteiger partial charge >= 0.3 is 6.03 Å². The Kier molecular flexibility index (Phi) is 6.68. The summed E-state index contributed by atoms with van der Waals surface area (Å²) >= 11 is 0. The normalized spacial score (nSPS) is 14.3. The molecule has 0 aliphatic carbocycles. The maximum absolute atomic E-state index is 11.6. The first-order chi connectivity index (χ1) is 11.2. The Labute approximate surface area is 136 Å². The Morgan fingerprint density at radius 1 is 1.30 bits per heavy atom. The first-order valence-electron chi connectivity index (χ1n) is 7.89. The lowest BCUT2D eigenvalue weighted by Crippen LogP contribution is -2.47. The average molecular weight is 320 g/mol. The highest BCUT2D eigenvalue weighted by Gasteiger charge is 2.16. The minimum absolute atomic E-state index is 0.0470. The minimum atomic E-state index is -0.207. The molecule has 1 heterocycles. The van der Waals surface area contributed by atoms with Crippen molar-refractivity contribution in [2.75, 3.05) is 44.3 Å². The molecule has 0 aromatic heterocycles. The number of anilines is 1. The second-order valence-corrected chi connectivity index (χ2v) is 5.24. The Hall–Kier alpha value is -2.28. The fourth-order valence-corrected chi connectivity index (χ4v) is 2.31. The Morgan fingerprint density at radius 3 is 2.78 bits per heavy atom. The summed E-state index contributed by atoms with van der Waals surface area (Å²) in [6.07, 6.45) is 0.